The molecule has 0 atom stereocenters. The van der Waals surface area contributed by atoms with Crippen LogP contribution in [0.25, 0.3) is 0 Å². The summed E-state index contributed by atoms with van der Waals surface area (Å²) in [5.74, 6) is 1.42. The van der Waals surface area contributed by atoms with Crippen molar-refractivity contribution in [2.24, 2.45) is 0 Å². The minimum Gasteiger partial charge on any atom is -0.396 e. The van der Waals surface area contributed by atoms with Crippen molar-refractivity contribution in [2.75, 3.05) is 30.8 Å². The van der Waals surface area contributed by atoms with Crippen molar-refractivity contribution in [1.82, 2.24) is 9.97 Å². The summed E-state index contributed by atoms with van der Waals surface area (Å²) in [5, 5.41) is 14.8. The van der Waals surface area contributed by atoms with Crippen LogP contribution in [0.5, 0.6) is 0 Å². The van der Waals surface area contributed by atoms with E-state index >= 15 is 0 Å². The fraction of sp³-hybridized carbons (Fsp3) is 0.636. The minimum absolute atomic E-state index is 0.288. The molecule has 1 aromatic rings. The second kappa shape index (κ2) is 8.25. The molecule has 0 aromatic carbocycles. The molecule has 3 N–H and O–H groups in total. The fourth-order valence-electron chi connectivity index (χ4n) is 1.41. The SMILES string of the molecule is CNc1ncc(Br)c(NCCCCCCO)n1. The van der Waals surface area contributed by atoms with Crippen LogP contribution in [0.2, 0.25) is 0 Å². The first kappa shape index (κ1) is 14.2. The van der Waals surface area contributed by atoms with Crippen LogP contribution in [-0.2, 0) is 0 Å². The number of nitrogens with zero attached hydrogens (tertiary/aromatic N) is 2. The van der Waals surface area contributed by atoms with E-state index in [2.05, 4.69) is 36.5 Å². The highest BCUT2D eigenvalue weighted by atomic mass is 79.9. The Morgan fingerprint density at radius 2 is 2.06 bits per heavy atom. The maximum Gasteiger partial charge on any atom is 0.224 e. The topological polar surface area (TPSA) is 70.1 Å². The molecule has 0 aliphatic carbocycles. The molecule has 0 fully saturated rings. The van der Waals surface area contributed by atoms with Gasteiger partial charge in [0, 0.05) is 26.4 Å². The van der Waals surface area contributed by atoms with Crippen molar-refractivity contribution in [3.8, 4) is 0 Å². The first-order valence-corrected chi connectivity index (χ1v) is 6.62. The van der Waals surface area contributed by atoms with Gasteiger partial charge in [-0.15, -0.1) is 0 Å². The fourth-order valence-corrected chi connectivity index (χ4v) is 1.74. The lowest BCUT2D eigenvalue weighted by Crippen LogP contribution is -2.06. The number of rotatable bonds is 8. The maximum atomic E-state index is 8.65. The Balaban J connectivity index is 2.30. The van der Waals surface area contributed by atoms with E-state index in [0.29, 0.717) is 5.95 Å². The average molecular weight is 303 g/mol. The summed E-state index contributed by atoms with van der Waals surface area (Å²) in [6.07, 6.45) is 5.89. The summed E-state index contributed by atoms with van der Waals surface area (Å²) in [4.78, 5) is 8.39. The molecule has 96 valence electrons. The van der Waals surface area contributed by atoms with Gasteiger partial charge < -0.3 is 15.7 Å². The Labute approximate surface area is 110 Å². The van der Waals surface area contributed by atoms with Crippen LogP contribution in [0.4, 0.5) is 11.8 Å². The Bertz CT molecular complexity index is 335. The van der Waals surface area contributed by atoms with Crippen molar-refractivity contribution < 1.29 is 5.11 Å². The van der Waals surface area contributed by atoms with Crippen LogP contribution >= 0.6 is 15.9 Å². The lowest BCUT2D eigenvalue weighted by Gasteiger charge is -2.08. The Morgan fingerprint density at radius 3 is 2.76 bits per heavy atom. The minimum atomic E-state index is 0.288. The molecule has 0 saturated carbocycles. The molecule has 6 heteroatoms. The molecule has 0 unspecified atom stereocenters. The van der Waals surface area contributed by atoms with Gasteiger partial charge in [-0.25, -0.2) is 4.98 Å². The van der Waals surface area contributed by atoms with Crippen molar-refractivity contribution >= 4 is 27.7 Å². The van der Waals surface area contributed by atoms with Crippen molar-refractivity contribution in [3.63, 3.8) is 0 Å². The first-order chi connectivity index (χ1) is 8.27. The number of anilines is 2. The van der Waals surface area contributed by atoms with E-state index in [9.17, 15) is 0 Å². The molecule has 0 radical (unpaired) electrons. The van der Waals surface area contributed by atoms with E-state index in [0.717, 1.165) is 42.5 Å². The molecular weight excluding hydrogens is 284 g/mol. The van der Waals surface area contributed by atoms with Gasteiger partial charge in [-0.3, -0.25) is 0 Å². The monoisotopic (exact) mass is 302 g/mol. The van der Waals surface area contributed by atoms with Crippen LogP contribution in [0.3, 0.4) is 0 Å². The number of hydrogen-bond acceptors (Lipinski definition) is 5. The molecule has 0 spiro atoms. The summed E-state index contributed by atoms with van der Waals surface area (Å²) < 4.78 is 0.867. The zero-order chi connectivity index (χ0) is 12.5. The molecule has 5 nitrogen and oxygen atoms in total. The van der Waals surface area contributed by atoms with Gasteiger partial charge in [0.15, 0.2) is 0 Å². The van der Waals surface area contributed by atoms with Crippen molar-refractivity contribution in [1.29, 1.82) is 0 Å². The highest BCUT2D eigenvalue weighted by Gasteiger charge is 2.02. The molecule has 0 aliphatic rings. The summed E-state index contributed by atoms with van der Waals surface area (Å²) >= 11 is 3.41. The third kappa shape index (κ3) is 5.32. The number of nitrogens with one attached hydrogen (secondary N) is 2. The van der Waals surface area contributed by atoms with E-state index in [1.54, 1.807) is 13.2 Å². The molecule has 0 amide bonds. The number of halogens is 1. The van der Waals surface area contributed by atoms with Crippen LogP contribution < -0.4 is 10.6 Å². The standard InChI is InChI=1S/C11H19BrN4O/c1-13-11-15-8-9(12)10(16-11)14-6-4-2-3-5-7-17/h8,17H,2-7H2,1H3,(H2,13,14,15,16). The van der Waals surface area contributed by atoms with Crippen molar-refractivity contribution in [2.45, 2.75) is 25.7 Å². The zero-order valence-corrected chi connectivity index (χ0v) is 11.6. The van der Waals surface area contributed by atoms with Crippen LogP contribution in [0.1, 0.15) is 25.7 Å². The van der Waals surface area contributed by atoms with Gasteiger partial charge >= 0.3 is 0 Å². The third-order valence-electron chi connectivity index (χ3n) is 2.35. The van der Waals surface area contributed by atoms with E-state index in [-0.39, 0.29) is 6.61 Å². The van der Waals surface area contributed by atoms with E-state index in [1.165, 1.54) is 0 Å². The molecule has 17 heavy (non-hydrogen) atoms. The summed E-state index contributed by atoms with van der Waals surface area (Å²) in [5.41, 5.74) is 0. The Morgan fingerprint density at radius 1 is 1.29 bits per heavy atom. The van der Waals surface area contributed by atoms with E-state index in [4.69, 9.17) is 5.11 Å². The highest BCUT2D eigenvalue weighted by molar-refractivity contribution is 9.10. The summed E-state index contributed by atoms with van der Waals surface area (Å²) in [6.45, 7) is 1.17. The second-order valence-corrected chi connectivity index (χ2v) is 4.56. The van der Waals surface area contributed by atoms with Gasteiger partial charge in [0.1, 0.15) is 5.82 Å². The molecule has 0 bridgehead atoms. The molecule has 1 heterocycles. The smallest absolute Gasteiger partial charge is 0.224 e. The third-order valence-corrected chi connectivity index (χ3v) is 2.93. The Kier molecular flexibility index (Phi) is 6.88. The molecule has 0 aliphatic heterocycles. The molecule has 1 rings (SSSR count). The number of aliphatic hydroxyl groups is 1. The average Bonchev–Trinajstić information content (AvgIpc) is 2.35. The van der Waals surface area contributed by atoms with Gasteiger partial charge in [0.2, 0.25) is 5.95 Å². The van der Waals surface area contributed by atoms with Crippen LogP contribution in [0.15, 0.2) is 10.7 Å². The normalized spacial score (nSPS) is 10.3. The van der Waals surface area contributed by atoms with Gasteiger partial charge in [0.05, 0.1) is 4.47 Å². The van der Waals surface area contributed by atoms with E-state index < -0.39 is 0 Å². The lowest BCUT2D eigenvalue weighted by molar-refractivity contribution is 0.283. The predicted octanol–water partition coefficient (Wildman–Crippen LogP) is 2.25. The van der Waals surface area contributed by atoms with Crippen LogP contribution in [0, 0.1) is 0 Å². The van der Waals surface area contributed by atoms with Gasteiger partial charge in [0.25, 0.3) is 0 Å². The number of aromatic nitrogens is 2. The first-order valence-electron chi connectivity index (χ1n) is 5.83. The number of aliphatic hydroxyl groups excluding tert-OH is 1. The van der Waals surface area contributed by atoms with E-state index in [1.807, 2.05) is 0 Å². The van der Waals surface area contributed by atoms with Gasteiger partial charge in [-0.2, -0.15) is 4.98 Å². The van der Waals surface area contributed by atoms with Gasteiger partial charge in [-0.05, 0) is 28.8 Å². The maximum absolute atomic E-state index is 8.65. The Hall–Kier alpha value is -0.880. The zero-order valence-electron chi connectivity index (χ0n) is 10.0. The van der Waals surface area contributed by atoms with Gasteiger partial charge in [-0.1, -0.05) is 12.8 Å². The largest absolute Gasteiger partial charge is 0.396 e. The summed E-state index contributed by atoms with van der Waals surface area (Å²) in [6, 6.07) is 0. The predicted molar refractivity (Wildman–Crippen MR) is 73.3 cm³/mol. The van der Waals surface area contributed by atoms with Crippen LogP contribution in [-0.4, -0.2) is 35.3 Å². The number of hydrogen-bond donors (Lipinski definition) is 3. The lowest BCUT2D eigenvalue weighted by atomic mass is 10.2. The highest BCUT2D eigenvalue weighted by Crippen LogP contribution is 2.19. The molecule has 0 saturated heterocycles. The summed E-state index contributed by atoms with van der Waals surface area (Å²) in [7, 11) is 1.79. The second-order valence-electron chi connectivity index (χ2n) is 3.70. The quantitative estimate of drug-likeness (QED) is 0.643. The molecular formula is C11H19BrN4O. The van der Waals surface area contributed by atoms with Crippen molar-refractivity contribution in [3.05, 3.63) is 10.7 Å². The number of unbranched alkanes of at least 4 members (excludes halogenated alkanes) is 3. The molecule has 1 aromatic heterocycles.